The van der Waals surface area contributed by atoms with Gasteiger partial charge in [0.15, 0.2) is 5.82 Å². The van der Waals surface area contributed by atoms with Crippen molar-refractivity contribution in [2.75, 3.05) is 18.1 Å². The molecule has 0 fully saturated rings. The largest absolute Gasteiger partial charge is 0.493 e. The molecule has 28 heavy (non-hydrogen) atoms. The standard InChI is InChI=1S/C19H17ClN4O4/c1-2-28-14-8-10(9-4-6-13(20)12(7-9)19(26)27)3-5-11(14)17-23-16(22)15(21)18(25)24-17/h3-8H,2,21H2,1H3,(H,26,27)(H3,22,23,24,25). The van der Waals surface area contributed by atoms with Crippen molar-refractivity contribution in [1.29, 1.82) is 0 Å². The number of carboxylic acids is 1. The van der Waals surface area contributed by atoms with Crippen molar-refractivity contribution < 1.29 is 14.6 Å². The van der Waals surface area contributed by atoms with Crippen LogP contribution in [0.5, 0.6) is 5.75 Å². The Labute approximate surface area is 164 Å². The van der Waals surface area contributed by atoms with E-state index >= 15 is 0 Å². The number of rotatable bonds is 5. The van der Waals surface area contributed by atoms with Gasteiger partial charge in [0.1, 0.15) is 17.3 Å². The summed E-state index contributed by atoms with van der Waals surface area (Å²) in [7, 11) is 0. The van der Waals surface area contributed by atoms with Crippen LogP contribution in [0.2, 0.25) is 5.02 Å². The summed E-state index contributed by atoms with van der Waals surface area (Å²) in [4.78, 5) is 29.9. The van der Waals surface area contributed by atoms with Crippen molar-refractivity contribution in [3.63, 3.8) is 0 Å². The Morgan fingerprint density at radius 2 is 1.89 bits per heavy atom. The first-order chi connectivity index (χ1) is 13.3. The number of aromatic amines is 1. The number of anilines is 2. The molecule has 1 heterocycles. The van der Waals surface area contributed by atoms with Gasteiger partial charge >= 0.3 is 5.97 Å². The molecular weight excluding hydrogens is 384 g/mol. The number of nitrogen functional groups attached to an aromatic ring is 2. The molecule has 0 aliphatic carbocycles. The third-order valence-corrected chi connectivity index (χ3v) is 4.38. The lowest BCUT2D eigenvalue weighted by molar-refractivity contribution is 0.0697. The van der Waals surface area contributed by atoms with E-state index in [1.807, 2.05) is 6.92 Å². The smallest absolute Gasteiger partial charge is 0.337 e. The van der Waals surface area contributed by atoms with E-state index in [0.29, 0.717) is 29.0 Å². The normalized spacial score (nSPS) is 10.6. The third kappa shape index (κ3) is 3.63. The molecule has 0 amide bonds. The van der Waals surface area contributed by atoms with E-state index in [1.165, 1.54) is 12.1 Å². The second-order valence-electron chi connectivity index (χ2n) is 5.86. The van der Waals surface area contributed by atoms with Gasteiger partial charge in [-0.25, -0.2) is 9.78 Å². The van der Waals surface area contributed by atoms with Crippen molar-refractivity contribution >= 4 is 29.1 Å². The van der Waals surface area contributed by atoms with E-state index in [9.17, 15) is 14.7 Å². The highest BCUT2D eigenvalue weighted by atomic mass is 35.5. The fourth-order valence-electron chi connectivity index (χ4n) is 2.67. The van der Waals surface area contributed by atoms with Crippen LogP contribution in [0.25, 0.3) is 22.5 Å². The molecule has 0 spiro atoms. The topological polar surface area (TPSA) is 144 Å². The molecular formula is C19H17ClN4O4. The van der Waals surface area contributed by atoms with Crippen LogP contribution >= 0.6 is 11.6 Å². The maximum Gasteiger partial charge on any atom is 0.337 e. The molecule has 0 unspecified atom stereocenters. The minimum Gasteiger partial charge on any atom is -0.493 e. The number of carbonyl (C=O) groups is 1. The number of hydrogen-bond donors (Lipinski definition) is 4. The minimum absolute atomic E-state index is 0.00138. The van der Waals surface area contributed by atoms with Crippen molar-refractivity contribution in [3.8, 4) is 28.3 Å². The molecule has 6 N–H and O–H groups in total. The first-order valence-electron chi connectivity index (χ1n) is 8.27. The summed E-state index contributed by atoms with van der Waals surface area (Å²) >= 11 is 5.94. The Kier molecular flexibility index (Phi) is 5.23. The Bertz CT molecular complexity index is 1130. The number of nitrogens with two attached hydrogens (primary N) is 2. The van der Waals surface area contributed by atoms with Crippen LogP contribution in [0.3, 0.4) is 0 Å². The molecule has 0 radical (unpaired) electrons. The van der Waals surface area contributed by atoms with Crippen molar-refractivity contribution in [3.05, 3.63) is 57.3 Å². The van der Waals surface area contributed by atoms with Gasteiger partial charge in [0.05, 0.1) is 22.8 Å². The maximum absolute atomic E-state index is 11.9. The van der Waals surface area contributed by atoms with E-state index < -0.39 is 11.5 Å². The summed E-state index contributed by atoms with van der Waals surface area (Å²) in [5.41, 5.74) is 12.4. The molecule has 3 aromatic rings. The molecule has 0 atom stereocenters. The SMILES string of the molecule is CCOc1cc(-c2ccc(Cl)c(C(=O)O)c2)ccc1-c1nc(N)c(N)c(=O)[nH]1. The summed E-state index contributed by atoms with van der Waals surface area (Å²) < 4.78 is 5.69. The zero-order valence-electron chi connectivity index (χ0n) is 14.8. The summed E-state index contributed by atoms with van der Waals surface area (Å²) in [6, 6.07) is 9.88. The molecule has 9 heteroatoms. The van der Waals surface area contributed by atoms with Gasteiger partial charge in [-0.15, -0.1) is 0 Å². The highest BCUT2D eigenvalue weighted by molar-refractivity contribution is 6.33. The van der Waals surface area contributed by atoms with Crippen LogP contribution in [0.15, 0.2) is 41.2 Å². The van der Waals surface area contributed by atoms with Crippen LogP contribution in [0.1, 0.15) is 17.3 Å². The second kappa shape index (κ2) is 7.61. The number of carboxylic acid groups (broad SMARTS) is 1. The highest BCUT2D eigenvalue weighted by Crippen LogP contribution is 2.34. The lowest BCUT2D eigenvalue weighted by Gasteiger charge is -2.13. The van der Waals surface area contributed by atoms with Crippen molar-refractivity contribution in [2.24, 2.45) is 0 Å². The molecule has 3 rings (SSSR count). The zero-order chi connectivity index (χ0) is 20.4. The van der Waals surface area contributed by atoms with E-state index in [4.69, 9.17) is 27.8 Å². The number of H-pyrrole nitrogens is 1. The summed E-state index contributed by atoms with van der Waals surface area (Å²) in [5.74, 6) is -0.533. The van der Waals surface area contributed by atoms with Crippen LogP contribution in [0.4, 0.5) is 11.5 Å². The summed E-state index contributed by atoms with van der Waals surface area (Å²) in [5, 5.41) is 9.42. The number of benzene rings is 2. The summed E-state index contributed by atoms with van der Waals surface area (Å²) in [6.45, 7) is 2.18. The van der Waals surface area contributed by atoms with Crippen LogP contribution in [-0.4, -0.2) is 27.7 Å². The van der Waals surface area contributed by atoms with Gasteiger partial charge in [0.2, 0.25) is 0 Å². The molecule has 1 aromatic heterocycles. The second-order valence-corrected chi connectivity index (χ2v) is 6.26. The highest BCUT2D eigenvalue weighted by Gasteiger charge is 2.15. The number of aromatic nitrogens is 2. The van der Waals surface area contributed by atoms with Gasteiger partial charge in [0, 0.05) is 0 Å². The molecule has 0 saturated carbocycles. The van der Waals surface area contributed by atoms with Gasteiger partial charge < -0.3 is 26.3 Å². The quantitative estimate of drug-likeness (QED) is 0.515. The molecule has 8 nitrogen and oxygen atoms in total. The number of ether oxygens (including phenoxy) is 1. The van der Waals surface area contributed by atoms with Gasteiger partial charge in [-0.2, -0.15) is 0 Å². The molecule has 0 aliphatic heterocycles. The minimum atomic E-state index is -1.12. The van der Waals surface area contributed by atoms with E-state index in [2.05, 4.69) is 9.97 Å². The predicted molar refractivity (Wildman–Crippen MR) is 108 cm³/mol. The fourth-order valence-corrected chi connectivity index (χ4v) is 2.87. The molecule has 0 aliphatic rings. The van der Waals surface area contributed by atoms with Crippen LogP contribution in [0, 0.1) is 0 Å². The van der Waals surface area contributed by atoms with Gasteiger partial charge in [-0.05, 0) is 42.3 Å². The Morgan fingerprint density at radius 3 is 2.54 bits per heavy atom. The molecule has 2 aromatic carbocycles. The molecule has 0 bridgehead atoms. The van der Waals surface area contributed by atoms with Gasteiger partial charge in [-0.1, -0.05) is 23.7 Å². The van der Waals surface area contributed by atoms with E-state index in [1.54, 1.807) is 24.3 Å². The number of halogens is 1. The monoisotopic (exact) mass is 400 g/mol. The Morgan fingerprint density at radius 1 is 1.21 bits per heavy atom. The first-order valence-corrected chi connectivity index (χ1v) is 8.65. The zero-order valence-corrected chi connectivity index (χ0v) is 15.6. The summed E-state index contributed by atoms with van der Waals surface area (Å²) in [6.07, 6.45) is 0. The van der Waals surface area contributed by atoms with Crippen molar-refractivity contribution in [2.45, 2.75) is 6.92 Å². The predicted octanol–water partition coefficient (Wildman–Crippen LogP) is 3.02. The fraction of sp³-hybridized carbons (Fsp3) is 0.105. The average Bonchev–Trinajstić information content (AvgIpc) is 2.66. The lowest BCUT2D eigenvalue weighted by Crippen LogP contribution is -2.17. The van der Waals surface area contributed by atoms with Gasteiger partial charge in [-0.3, -0.25) is 4.79 Å². The number of nitrogens with zero attached hydrogens (tertiary/aromatic N) is 1. The molecule has 144 valence electrons. The third-order valence-electron chi connectivity index (χ3n) is 4.05. The van der Waals surface area contributed by atoms with Crippen molar-refractivity contribution in [1.82, 2.24) is 9.97 Å². The number of aromatic carboxylic acids is 1. The van der Waals surface area contributed by atoms with E-state index in [-0.39, 0.29) is 27.9 Å². The maximum atomic E-state index is 11.9. The van der Waals surface area contributed by atoms with Crippen LogP contribution < -0.4 is 21.8 Å². The molecule has 0 saturated heterocycles. The van der Waals surface area contributed by atoms with E-state index in [0.717, 1.165) is 0 Å². The lowest BCUT2D eigenvalue weighted by atomic mass is 10.0. The van der Waals surface area contributed by atoms with Crippen LogP contribution in [-0.2, 0) is 0 Å². The average molecular weight is 401 g/mol. The number of nitrogens with one attached hydrogen (secondary N) is 1. The first kappa shape index (κ1) is 19.2. The Hall–Kier alpha value is -3.52. The number of hydrogen-bond acceptors (Lipinski definition) is 6. The Balaban J connectivity index is 2.14. The van der Waals surface area contributed by atoms with Gasteiger partial charge in [0.25, 0.3) is 5.56 Å².